The predicted molar refractivity (Wildman–Crippen MR) is 103 cm³/mol. The summed E-state index contributed by atoms with van der Waals surface area (Å²) in [6.07, 6.45) is 0. The van der Waals surface area contributed by atoms with E-state index in [2.05, 4.69) is 5.32 Å². The zero-order chi connectivity index (χ0) is 19.0. The third kappa shape index (κ3) is 2.81. The molecular weight excluding hydrogens is 340 g/mol. The number of ether oxygens (including phenoxy) is 1. The molecule has 136 valence electrons. The van der Waals surface area contributed by atoms with Crippen molar-refractivity contribution in [1.82, 2.24) is 10.2 Å². The minimum absolute atomic E-state index is 0.228. The van der Waals surface area contributed by atoms with Gasteiger partial charge in [0.05, 0.1) is 13.7 Å². The number of amides is 3. The van der Waals surface area contributed by atoms with Gasteiger partial charge in [-0.05, 0) is 41.0 Å². The summed E-state index contributed by atoms with van der Waals surface area (Å²) in [5.41, 5.74) is 0.517. The van der Waals surface area contributed by atoms with E-state index in [4.69, 9.17) is 4.74 Å². The van der Waals surface area contributed by atoms with Gasteiger partial charge in [-0.3, -0.25) is 9.69 Å². The Labute approximate surface area is 157 Å². The maximum Gasteiger partial charge on any atom is 0.325 e. The van der Waals surface area contributed by atoms with Crippen LogP contribution in [0.1, 0.15) is 18.1 Å². The van der Waals surface area contributed by atoms with E-state index in [0.29, 0.717) is 11.3 Å². The minimum Gasteiger partial charge on any atom is -0.497 e. The summed E-state index contributed by atoms with van der Waals surface area (Å²) in [6, 6.07) is 20.7. The Hall–Kier alpha value is -3.34. The van der Waals surface area contributed by atoms with Crippen molar-refractivity contribution in [3.63, 3.8) is 0 Å². The van der Waals surface area contributed by atoms with E-state index in [1.165, 1.54) is 4.90 Å². The molecular formula is C22H20N2O3. The molecule has 3 amide bonds. The van der Waals surface area contributed by atoms with Gasteiger partial charge in [-0.1, -0.05) is 54.6 Å². The van der Waals surface area contributed by atoms with Crippen molar-refractivity contribution in [2.45, 2.75) is 19.0 Å². The molecule has 1 heterocycles. The van der Waals surface area contributed by atoms with Crippen molar-refractivity contribution in [2.24, 2.45) is 0 Å². The van der Waals surface area contributed by atoms with Crippen molar-refractivity contribution < 1.29 is 14.3 Å². The first-order valence-electron chi connectivity index (χ1n) is 8.78. The fraction of sp³-hybridized carbons (Fsp3) is 0.182. The lowest BCUT2D eigenvalue weighted by Crippen LogP contribution is -2.40. The number of urea groups is 1. The first-order valence-corrected chi connectivity index (χ1v) is 8.78. The van der Waals surface area contributed by atoms with Crippen LogP contribution in [0.3, 0.4) is 0 Å². The number of fused-ring (bicyclic) bond motifs is 1. The highest BCUT2D eigenvalue weighted by Crippen LogP contribution is 2.32. The number of carbonyl (C=O) groups is 2. The molecule has 0 aromatic heterocycles. The molecule has 1 N–H and O–H groups in total. The number of hydrogen-bond acceptors (Lipinski definition) is 3. The smallest absolute Gasteiger partial charge is 0.325 e. The zero-order valence-corrected chi connectivity index (χ0v) is 15.2. The molecule has 4 rings (SSSR count). The average Bonchev–Trinajstić information content (AvgIpc) is 2.92. The van der Waals surface area contributed by atoms with Crippen LogP contribution < -0.4 is 10.1 Å². The Morgan fingerprint density at radius 1 is 1.00 bits per heavy atom. The molecule has 1 aliphatic heterocycles. The van der Waals surface area contributed by atoms with Crippen molar-refractivity contribution in [1.29, 1.82) is 0 Å². The van der Waals surface area contributed by atoms with E-state index < -0.39 is 11.6 Å². The van der Waals surface area contributed by atoms with E-state index in [9.17, 15) is 9.59 Å². The summed E-state index contributed by atoms with van der Waals surface area (Å²) in [7, 11) is 1.57. The van der Waals surface area contributed by atoms with Crippen LogP contribution in [-0.2, 0) is 16.9 Å². The van der Waals surface area contributed by atoms with Crippen LogP contribution in [0, 0.1) is 0 Å². The normalized spacial score (nSPS) is 19.4. The SMILES string of the molecule is COc1cccc(C2(C)NC(=O)N(Cc3cccc4ccccc34)C2=O)c1. The first kappa shape index (κ1) is 17.1. The lowest BCUT2D eigenvalue weighted by Gasteiger charge is -2.23. The number of hydrogen-bond donors (Lipinski definition) is 1. The number of nitrogens with one attached hydrogen (secondary N) is 1. The molecule has 0 radical (unpaired) electrons. The molecule has 1 aliphatic rings. The number of benzene rings is 3. The van der Waals surface area contributed by atoms with E-state index in [1.807, 2.05) is 60.7 Å². The van der Waals surface area contributed by atoms with Gasteiger partial charge in [-0.15, -0.1) is 0 Å². The van der Waals surface area contributed by atoms with Gasteiger partial charge in [0.15, 0.2) is 0 Å². The number of methoxy groups -OCH3 is 1. The Morgan fingerprint density at radius 3 is 2.56 bits per heavy atom. The van der Waals surface area contributed by atoms with Gasteiger partial charge in [0, 0.05) is 0 Å². The van der Waals surface area contributed by atoms with Crippen LogP contribution in [0.15, 0.2) is 66.7 Å². The van der Waals surface area contributed by atoms with Gasteiger partial charge in [0.1, 0.15) is 11.3 Å². The molecule has 1 fully saturated rings. The van der Waals surface area contributed by atoms with Crippen LogP contribution in [0.4, 0.5) is 4.79 Å². The average molecular weight is 360 g/mol. The van der Waals surface area contributed by atoms with E-state index in [-0.39, 0.29) is 12.5 Å². The van der Waals surface area contributed by atoms with Crippen LogP contribution in [0.25, 0.3) is 10.8 Å². The molecule has 1 atom stereocenters. The summed E-state index contributed by atoms with van der Waals surface area (Å²) in [5, 5.41) is 4.97. The Kier molecular flexibility index (Phi) is 4.07. The third-order valence-electron chi connectivity index (χ3n) is 5.13. The van der Waals surface area contributed by atoms with E-state index in [0.717, 1.165) is 16.3 Å². The van der Waals surface area contributed by atoms with E-state index in [1.54, 1.807) is 20.1 Å². The second-order valence-corrected chi connectivity index (χ2v) is 6.82. The minimum atomic E-state index is -1.11. The van der Waals surface area contributed by atoms with Gasteiger partial charge >= 0.3 is 6.03 Å². The molecule has 1 saturated heterocycles. The zero-order valence-electron chi connectivity index (χ0n) is 15.2. The standard InChI is InChI=1S/C22H20N2O3/c1-22(17-10-6-11-18(13-17)27-2)20(25)24(21(26)23-22)14-16-9-5-8-15-7-3-4-12-19(15)16/h3-13H,14H2,1-2H3,(H,23,26). The molecule has 3 aromatic rings. The monoisotopic (exact) mass is 360 g/mol. The number of rotatable bonds is 4. The molecule has 0 saturated carbocycles. The number of carbonyl (C=O) groups excluding carboxylic acids is 2. The molecule has 0 bridgehead atoms. The van der Waals surface area contributed by atoms with Crippen molar-refractivity contribution in [3.8, 4) is 5.75 Å². The molecule has 1 unspecified atom stereocenters. The Morgan fingerprint density at radius 2 is 1.74 bits per heavy atom. The maximum atomic E-state index is 13.2. The van der Waals surface area contributed by atoms with Crippen molar-refractivity contribution in [3.05, 3.63) is 77.9 Å². The van der Waals surface area contributed by atoms with Gasteiger partial charge in [0.25, 0.3) is 5.91 Å². The quantitative estimate of drug-likeness (QED) is 0.720. The highest BCUT2D eigenvalue weighted by atomic mass is 16.5. The molecule has 27 heavy (non-hydrogen) atoms. The fourth-order valence-corrected chi connectivity index (χ4v) is 3.57. The lowest BCUT2D eigenvalue weighted by atomic mass is 9.91. The van der Waals surface area contributed by atoms with Crippen molar-refractivity contribution >= 4 is 22.7 Å². The largest absolute Gasteiger partial charge is 0.497 e. The molecule has 0 aliphatic carbocycles. The summed E-state index contributed by atoms with van der Waals surface area (Å²) >= 11 is 0. The summed E-state index contributed by atoms with van der Waals surface area (Å²) in [4.78, 5) is 27.1. The highest BCUT2D eigenvalue weighted by Gasteiger charge is 2.49. The van der Waals surface area contributed by atoms with Gasteiger partial charge < -0.3 is 10.1 Å². The van der Waals surface area contributed by atoms with Crippen molar-refractivity contribution in [2.75, 3.05) is 7.11 Å². The van der Waals surface area contributed by atoms with Crippen LogP contribution in [0.2, 0.25) is 0 Å². The molecule has 0 spiro atoms. The fourth-order valence-electron chi connectivity index (χ4n) is 3.57. The second-order valence-electron chi connectivity index (χ2n) is 6.82. The van der Waals surface area contributed by atoms with Crippen LogP contribution in [0.5, 0.6) is 5.75 Å². The summed E-state index contributed by atoms with van der Waals surface area (Å²) in [6.45, 7) is 1.96. The molecule has 3 aromatic carbocycles. The molecule has 5 heteroatoms. The number of imide groups is 1. The highest BCUT2D eigenvalue weighted by molar-refractivity contribution is 6.07. The van der Waals surface area contributed by atoms with Gasteiger partial charge in [-0.2, -0.15) is 0 Å². The van der Waals surface area contributed by atoms with Crippen LogP contribution in [-0.4, -0.2) is 23.9 Å². The first-order chi connectivity index (χ1) is 13.0. The maximum absolute atomic E-state index is 13.2. The number of nitrogens with zero attached hydrogens (tertiary/aromatic N) is 1. The predicted octanol–water partition coefficient (Wildman–Crippen LogP) is 3.82. The Bertz CT molecular complexity index is 1040. The van der Waals surface area contributed by atoms with Gasteiger partial charge in [0.2, 0.25) is 0 Å². The molecule has 5 nitrogen and oxygen atoms in total. The second kappa shape index (κ2) is 6.43. The topological polar surface area (TPSA) is 58.6 Å². The summed E-state index contributed by atoms with van der Waals surface area (Å²) < 4.78 is 5.25. The lowest BCUT2D eigenvalue weighted by molar-refractivity contribution is -0.131. The van der Waals surface area contributed by atoms with Crippen LogP contribution >= 0.6 is 0 Å². The van der Waals surface area contributed by atoms with Gasteiger partial charge in [-0.25, -0.2) is 4.79 Å². The Balaban J connectivity index is 1.68. The summed E-state index contributed by atoms with van der Waals surface area (Å²) in [5.74, 6) is 0.372. The van der Waals surface area contributed by atoms with E-state index >= 15 is 0 Å². The third-order valence-corrected chi connectivity index (χ3v) is 5.13.